The highest BCUT2D eigenvalue weighted by Gasteiger charge is 2.47. The van der Waals surface area contributed by atoms with Crippen molar-refractivity contribution < 1.29 is 37.3 Å². The molecule has 1 N–H and O–H groups in total. The predicted molar refractivity (Wildman–Crippen MR) is 123 cm³/mol. The minimum atomic E-state index is -4.58. The molecular formula is C26H21F3N2O5. The third kappa shape index (κ3) is 4.49. The van der Waals surface area contributed by atoms with Gasteiger partial charge in [0.25, 0.3) is 11.7 Å². The number of rotatable bonds is 6. The van der Waals surface area contributed by atoms with Crippen molar-refractivity contribution in [3.05, 3.63) is 94.8 Å². The smallest absolute Gasteiger partial charge is 0.416 e. The monoisotopic (exact) mass is 498 g/mol. The lowest BCUT2D eigenvalue weighted by atomic mass is 9.95. The van der Waals surface area contributed by atoms with E-state index in [1.54, 1.807) is 30.3 Å². The number of aliphatic hydroxyl groups excluding tert-OH is 1. The van der Waals surface area contributed by atoms with Crippen LogP contribution in [0.5, 0.6) is 11.5 Å². The molecule has 10 heteroatoms. The fraction of sp³-hybridized carbons (Fsp3) is 0.192. The van der Waals surface area contributed by atoms with Gasteiger partial charge in [0.15, 0.2) is 0 Å². The highest BCUT2D eigenvalue weighted by atomic mass is 19.4. The summed E-state index contributed by atoms with van der Waals surface area (Å²) in [4.78, 5) is 31.6. The van der Waals surface area contributed by atoms with Crippen LogP contribution < -0.4 is 9.47 Å². The molecule has 2 aromatic carbocycles. The van der Waals surface area contributed by atoms with Crippen LogP contribution in [0.15, 0.2) is 72.6 Å². The van der Waals surface area contributed by atoms with E-state index in [2.05, 4.69) is 4.98 Å². The first kappa shape index (κ1) is 24.8. The van der Waals surface area contributed by atoms with E-state index < -0.39 is 35.2 Å². The summed E-state index contributed by atoms with van der Waals surface area (Å²) in [7, 11) is 2.74. The lowest BCUT2D eigenvalue weighted by molar-refractivity contribution is -0.140. The largest absolute Gasteiger partial charge is 0.506 e. The maximum Gasteiger partial charge on any atom is 0.416 e. The Kier molecular flexibility index (Phi) is 6.69. The SMILES string of the molecule is COc1cccc(OC)c1/C(O)=C1\C(=O)C(=O)N(Cc2cccc(C(F)(F)F)c2)C1c1cccnc1. The van der Waals surface area contributed by atoms with Crippen molar-refractivity contribution in [2.24, 2.45) is 0 Å². The van der Waals surface area contributed by atoms with Crippen LogP contribution in [-0.4, -0.2) is 40.9 Å². The zero-order valence-electron chi connectivity index (χ0n) is 19.2. The number of methoxy groups -OCH3 is 2. The van der Waals surface area contributed by atoms with Gasteiger partial charge in [-0.1, -0.05) is 24.3 Å². The fourth-order valence-corrected chi connectivity index (χ4v) is 4.19. The van der Waals surface area contributed by atoms with E-state index in [0.29, 0.717) is 5.56 Å². The Bertz CT molecular complexity index is 1320. The number of carbonyl (C=O) groups excluding carboxylic acids is 2. The fourth-order valence-electron chi connectivity index (χ4n) is 4.19. The molecule has 1 saturated heterocycles. The van der Waals surface area contributed by atoms with E-state index in [1.807, 2.05) is 0 Å². The number of aliphatic hydroxyl groups is 1. The molecule has 2 heterocycles. The number of likely N-dealkylation sites (tertiary alicyclic amines) is 1. The van der Waals surface area contributed by atoms with E-state index in [-0.39, 0.29) is 34.7 Å². The van der Waals surface area contributed by atoms with Crippen LogP contribution in [-0.2, 0) is 22.3 Å². The average molecular weight is 498 g/mol. The van der Waals surface area contributed by atoms with Crippen molar-refractivity contribution in [1.29, 1.82) is 0 Å². The molecule has 0 radical (unpaired) electrons. The van der Waals surface area contributed by atoms with Gasteiger partial charge >= 0.3 is 6.18 Å². The molecule has 36 heavy (non-hydrogen) atoms. The van der Waals surface area contributed by atoms with Crippen LogP contribution in [0.4, 0.5) is 13.2 Å². The van der Waals surface area contributed by atoms with Crippen LogP contribution in [0.1, 0.15) is 28.3 Å². The van der Waals surface area contributed by atoms with Crippen molar-refractivity contribution in [3.8, 4) is 11.5 Å². The van der Waals surface area contributed by atoms with Gasteiger partial charge in [-0.05, 0) is 41.5 Å². The first-order valence-corrected chi connectivity index (χ1v) is 10.7. The van der Waals surface area contributed by atoms with Crippen LogP contribution in [0.25, 0.3) is 5.76 Å². The van der Waals surface area contributed by atoms with E-state index in [1.165, 1.54) is 38.7 Å². The Labute approximate surface area is 204 Å². The molecule has 186 valence electrons. The van der Waals surface area contributed by atoms with E-state index >= 15 is 0 Å². The van der Waals surface area contributed by atoms with Gasteiger partial charge in [0.2, 0.25) is 0 Å². The number of hydrogen-bond acceptors (Lipinski definition) is 6. The zero-order chi connectivity index (χ0) is 26.0. The molecule has 1 atom stereocenters. The summed E-state index contributed by atoms with van der Waals surface area (Å²) in [6.07, 6.45) is -1.67. The molecule has 1 aliphatic heterocycles. The second kappa shape index (κ2) is 9.73. The summed E-state index contributed by atoms with van der Waals surface area (Å²) in [5.74, 6) is -2.12. The number of benzene rings is 2. The third-order valence-electron chi connectivity index (χ3n) is 5.81. The second-order valence-electron chi connectivity index (χ2n) is 7.95. The summed E-state index contributed by atoms with van der Waals surface area (Å²) in [6, 6.07) is 11.3. The van der Waals surface area contributed by atoms with Gasteiger partial charge in [-0.15, -0.1) is 0 Å². The van der Waals surface area contributed by atoms with Gasteiger partial charge in [0, 0.05) is 18.9 Å². The van der Waals surface area contributed by atoms with Gasteiger partial charge in [0.05, 0.1) is 31.4 Å². The van der Waals surface area contributed by atoms with E-state index in [0.717, 1.165) is 17.0 Å². The Balaban J connectivity index is 1.89. The quantitative estimate of drug-likeness (QED) is 0.300. The number of alkyl halides is 3. The molecule has 3 aromatic rings. The van der Waals surface area contributed by atoms with Crippen LogP contribution >= 0.6 is 0 Å². The Hall–Kier alpha value is -4.34. The average Bonchev–Trinajstić information content (AvgIpc) is 3.12. The standard InChI is InChI=1S/C26H21F3N2O5/c1-35-18-9-4-10-19(36-2)20(18)23(32)21-22(16-7-5-11-30-13-16)31(25(34)24(21)33)14-15-6-3-8-17(12-15)26(27,28)29/h3-13,22,32H,14H2,1-2H3/b23-21+. The normalized spacial score (nSPS) is 17.4. The molecule has 0 saturated carbocycles. The lowest BCUT2D eigenvalue weighted by Crippen LogP contribution is -2.29. The van der Waals surface area contributed by atoms with E-state index in [4.69, 9.17) is 9.47 Å². The van der Waals surface area contributed by atoms with Crippen molar-refractivity contribution in [2.75, 3.05) is 14.2 Å². The maximum atomic E-state index is 13.3. The van der Waals surface area contributed by atoms with Gasteiger partial charge in [0.1, 0.15) is 22.8 Å². The Morgan fingerprint density at radius 2 is 1.69 bits per heavy atom. The molecule has 1 unspecified atom stereocenters. The Morgan fingerprint density at radius 1 is 1.03 bits per heavy atom. The number of amides is 1. The zero-order valence-corrected chi connectivity index (χ0v) is 19.2. The number of ether oxygens (including phenoxy) is 2. The number of nitrogens with zero attached hydrogens (tertiary/aromatic N) is 2. The minimum absolute atomic E-state index is 0.0634. The van der Waals surface area contributed by atoms with Gasteiger partial charge in [-0.2, -0.15) is 13.2 Å². The van der Waals surface area contributed by atoms with Crippen molar-refractivity contribution in [3.63, 3.8) is 0 Å². The third-order valence-corrected chi connectivity index (χ3v) is 5.81. The molecule has 1 fully saturated rings. The van der Waals surface area contributed by atoms with Gasteiger partial charge < -0.3 is 19.5 Å². The minimum Gasteiger partial charge on any atom is -0.506 e. The summed E-state index contributed by atoms with van der Waals surface area (Å²) in [5.41, 5.74) is -0.529. The molecule has 7 nitrogen and oxygen atoms in total. The topological polar surface area (TPSA) is 89.0 Å². The first-order chi connectivity index (χ1) is 17.2. The van der Waals surface area contributed by atoms with Crippen LogP contribution in [0.3, 0.4) is 0 Å². The highest BCUT2D eigenvalue weighted by Crippen LogP contribution is 2.44. The number of Topliss-reactive ketones (excluding diaryl/α,β-unsaturated/α-hetero) is 1. The van der Waals surface area contributed by atoms with Crippen molar-refractivity contribution in [1.82, 2.24) is 9.88 Å². The molecular weight excluding hydrogens is 477 g/mol. The molecule has 0 bridgehead atoms. The number of pyridine rings is 1. The molecule has 0 aliphatic carbocycles. The van der Waals surface area contributed by atoms with Gasteiger partial charge in [-0.25, -0.2) is 0 Å². The number of hydrogen-bond donors (Lipinski definition) is 1. The molecule has 4 rings (SSSR count). The van der Waals surface area contributed by atoms with Crippen LogP contribution in [0.2, 0.25) is 0 Å². The van der Waals surface area contributed by atoms with Crippen molar-refractivity contribution >= 4 is 17.4 Å². The number of carbonyl (C=O) groups is 2. The Morgan fingerprint density at radius 3 is 2.28 bits per heavy atom. The summed E-state index contributed by atoms with van der Waals surface area (Å²) in [5, 5.41) is 11.3. The predicted octanol–water partition coefficient (Wildman–Crippen LogP) is 4.74. The van der Waals surface area contributed by atoms with Gasteiger partial charge in [-0.3, -0.25) is 14.6 Å². The summed E-state index contributed by atoms with van der Waals surface area (Å²) in [6.45, 7) is -0.312. The second-order valence-corrected chi connectivity index (χ2v) is 7.95. The summed E-state index contributed by atoms with van der Waals surface area (Å²) >= 11 is 0. The molecule has 1 aliphatic rings. The maximum absolute atomic E-state index is 13.3. The summed E-state index contributed by atoms with van der Waals surface area (Å²) < 4.78 is 50.4. The molecule has 1 amide bonds. The number of halogens is 3. The first-order valence-electron chi connectivity index (χ1n) is 10.7. The number of aromatic nitrogens is 1. The highest BCUT2D eigenvalue weighted by molar-refractivity contribution is 6.46. The lowest BCUT2D eigenvalue weighted by Gasteiger charge is -2.25. The van der Waals surface area contributed by atoms with E-state index in [9.17, 15) is 27.9 Å². The number of ketones is 1. The van der Waals surface area contributed by atoms with Crippen LogP contribution in [0, 0.1) is 0 Å². The van der Waals surface area contributed by atoms with Crippen molar-refractivity contribution in [2.45, 2.75) is 18.8 Å². The molecule has 0 spiro atoms. The molecule has 1 aromatic heterocycles.